The van der Waals surface area contributed by atoms with E-state index in [0.717, 1.165) is 17.4 Å². The number of aromatic carboxylic acids is 1. The molecule has 1 aromatic heterocycles. The summed E-state index contributed by atoms with van der Waals surface area (Å²) < 4.78 is 1.90. The molecule has 1 aliphatic carbocycles. The zero-order chi connectivity index (χ0) is 13.9. The third kappa shape index (κ3) is 2.55. The van der Waals surface area contributed by atoms with Crippen LogP contribution < -0.4 is 0 Å². The van der Waals surface area contributed by atoms with Crippen molar-refractivity contribution in [1.29, 1.82) is 0 Å². The summed E-state index contributed by atoms with van der Waals surface area (Å²) in [7, 11) is 0. The minimum absolute atomic E-state index is 0.175. The molecule has 0 spiro atoms. The number of hydrogen-bond acceptors (Lipinski definition) is 2. The third-order valence-corrected chi connectivity index (χ3v) is 4.27. The fourth-order valence-electron chi connectivity index (χ4n) is 3.22. The molecule has 0 amide bonds. The van der Waals surface area contributed by atoms with Gasteiger partial charge in [-0.15, -0.1) is 0 Å². The number of carbonyl (C=O) groups is 1. The molecule has 1 fully saturated rings. The van der Waals surface area contributed by atoms with E-state index < -0.39 is 5.97 Å². The largest absolute Gasteiger partial charge is 0.476 e. The van der Waals surface area contributed by atoms with E-state index in [2.05, 4.69) is 5.10 Å². The van der Waals surface area contributed by atoms with Crippen LogP contribution in [-0.4, -0.2) is 20.9 Å². The maximum absolute atomic E-state index is 11.3. The van der Waals surface area contributed by atoms with Gasteiger partial charge in [0.2, 0.25) is 0 Å². The van der Waals surface area contributed by atoms with Crippen LogP contribution in [0.4, 0.5) is 0 Å². The molecule has 0 bridgehead atoms. The Morgan fingerprint density at radius 2 is 1.90 bits per heavy atom. The van der Waals surface area contributed by atoms with Gasteiger partial charge in [0.15, 0.2) is 5.69 Å². The van der Waals surface area contributed by atoms with Crippen molar-refractivity contribution in [3.8, 4) is 0 Å². The van der Waals surface area contributed by atoms with Crippen LogP contribution in [0.25, 0.3) is 10.9 Å². The van der Waals surface area contributed by atoms with Gasteiger partial charge in [0.25, 0.3) is 0 Å². The summed E-state index contributed by atoms with van der Waals surface area (Å²) in [5.74, 6) is -0.316. The summed E-state index contributed by atoms with van der Waals surface area (Å²) in [4.78, 5) is 11.3. The van der Waals surface area contributed by atoms with E-state index in [-0.39, 0.29) is 5.69 Å². The van der Waals surface area contributed by atoms with Crippen molar-refractivity contribution in [2.24, 2.45) is 5.92 Å². The van der Waals surface area contributed by atoms with Gasteiger partial charge in [0, 0.05) is 11.9 Å². The Balaban J connectivity index is 1.92. The molecule has 1 heterocycles. The number of fused-ring (bicyclic) bond motifs is 1. The van der Waals surface area contributed by atoms with Crippen LogP contribution in [0.3, 0.4) is 0 Å². The number of rotatable bonds is 3. The zero-order valence-corrected chi connectivity index (χ0v) is 11.6. The molecule has 0 saturated heterocycles. The maximum Gasteiger partial charge on any atom is 0.357 e. The first kappa shape index (κ1) is 13.2. The van der Waals surface area contributed by atoms with Crippen molar-refractivity contribution >= 4 is 16.9 Å². The van der Waals surface area contributed by atoms with Crippen LogP contribution in [0, 0.1) is 5.92 Å². The predicted molar refractivity (Wildman–Crippen MR) is 77.9 cm³/mol. The molecule has 1 aromatic carbocycles. The number of para-hydroxylation sites is 1. The molecule has 20 heavy (non-hydrogen) atoms. The second-order valence-electron chi connectivity index (χ2n) is 5.71. The van der Waals surface area contributed by atoms with Gasteiger partial charge >= 0.3 is 5.97 Å². The SMILES string of the molecule is O=C(O)c1nn(CC2CCCCCC2)c2ccccc12. The lowest BCUT2D eigenvalue weighted by Crippen LogP contribution is -2.12. The molecule has 1 N–H and O–H groups in total. The summed E-state index contributed by atoms with van der Waals surface area (Å²) in [6, 6.07) is 7.62. The topological polar surface area (TPSA) is 55.1 Å². The number of carboxylic acids is 1. The first-order chi connectivity index (χ1) is 9.75. The van der Waals surface area contributed by atoms with Gasteiger partial charge < -0.3 is 5.11 Å². The summed E-state index contributed by atoms with van der Waals surface area (Å²) in [6.45, 7) is 0.841. The van der Waals surface area contributed by atoms with Crippen LogP contribution in [0.2, 0.25) is 0 Å². The number of nitrogens with zero attached hydrogens (tertiary/aromatic N) is 2. The Bertz CT molecular complexity index is 610. The van der Waals surface area contributed by atoms with E-state index in [1.165, 1.54) is 38.5 Å². The predicted octanol–water partition coefficient (Wildman–Crippen LogP) is 3.70. The van der Waals surface area contributed by atoms with Gasteiger partial charge in [-0.2, -0.15) is 5.10 Å². The summed E-state index contributed by atoms with van der Waals surface area (Å²) in [6.07, 6.45) is 7.70. The smallest absolute Gasteiger partial charge is 0.357 e. The van der Waals surface area contributed by atoms with Crippen molar-refractivity contribution in [3.05, 3.63) is 30.0 Å². The average Bonchev–Trinajstić information content (AvgIpc) is 2.63. The Morgan fingerprint density at radius 3 is 2.60 bits per heavy atom. The molecule has 1 aliphatic rings. The highest BCUT2D eigenvalue weighted by atomic mass is 16.4. The van der Waals surface area contributed by atoms with E-state index in [9.17, 15) is 9.90 Å². The molecular weight excluding hydrogens is 252 g/mol. The minimum Gasteiger partial charge on any atom is -0.476 e. The van der Waals surface area contributed by atoms with E-state index in [1.807, 2.05) is 28.9 Å². The Morgan fingerprint density at radius 1 is 1.20 bits per heavy atom. The van der Waals surface area contributed by atoms with Crippen LogP contribution in [0.1, 0.15) is 49.0 Å². The second kappa shape index (κ2) is 5.65. The van der Waals surface area contributed by atoms with E-state index in [1.54, 1.807) is 0 Å². The Labute approximate surface area is 118 Å². The van der Waals surface area contributed by atoms with Gasteiger partial charge in [0.1, 0.15) is 0 Å². The standard InChI is InChI=1S/C16H20N2O2/c19-16(20)15-13-9-5-6-10-14(13)18(17-15)11-12-7-3-1-2-4-8-12/h5-6,9-10,12H,1-4,7-8,11H2,(H,19,20). The molecule has 0 aliphatic heterocycles. The molecule has 4 nitrogen and oxygen atoms in total. The highest BCUT2D eigenvalue weighted by Crippen LogP contribution is 2.26. The van der Waals surface area contributed by atoms with Crippen LogP contribution in [0.5, 0.6) is 0 Å². The first-order valence-electron chi connectivity index (χ1n) is 7.44. The van der Waals surface area contributed by atoms with Gasteiger partial charge in [-0.1, -0.05) is 43.9 Å². The average molecular weight is 272 g/mol. The third-order valence-electron chi connectivity index (χ3n) is 4.27. The lowest BCUT2D eigenvalue weighted by molar-refractivity contribution is 0.0691. The van der Waals surface area contributed by atoms with Gasteiger partial charge in [-0.3, -0.25) is 4.68 Å². The molecule has 1 saturated carbocycles. The number of aromatic nitrogens is 2. The number of carboxylic acid groups (broad SMARTS) is 1. The maximum atomic E-state index is 11.3. The molecule has 4 heteroatoms. The monoisotopic (exact) mass is 272 g/mol. The van der Waals surface area contributed by atoms with Crippen molar-refractivity contribution in [2.75, 3.05) is 0 Å². The molecule has 2 aromatic rings. The lowest BCUT2D eigenvalue weighted by atomic mass is 10.0. The van der Waals surface area contributed by atoms with Gasteiger partial charge in [0.05, 0.1) is 5.52 Å². The van der Waals surface area contributed by atoms with Crippen LogP contribution in [0.15, 0.2) is 24.3 Å². The Hall–Kier alpha value is -1.84. The summed E-state index contributed by atoms with van der Waals surface area (Å²) in [5, 5.41) is 14.3. The number of benzene rings is 1. The highest BCUT2D eigenvalue weighted by molar-refractivity contribution is 6.01. The fraction of sp³-hybridized carbons (Fsp3) is 0.500. The minimum atomic E-state index is -0.944. The number of hydrogen-bond donors (Lipinski definition) is 1. The van der Waals surface area contributed by atoms with Crippen molar-refractivity contribution in [1.82, 2.24) is 9.78 Å². The molecule has 0 atom stereocenters. The lowest BCUT2D eigenvalue weighted by Gasteiger charge is -2.14. The zero-order valence-electron chi connectivity index (χ0n) is 11.6. The quantitative estimate of drug-likeness (QED) is 0.867. The summed E-state index contributed by atoms with van der Waals surface area (Å²) >= 11 is 0. The van der Waals surface area contributed by atoms with Crippen molar-refractivity contribution < 1.29 is 9.90 Å². The van der Waals surface area contributed by atoms with E-state index in [4.69, 9.17) is 0 Å². The van der Waals surface area contributed by atoms with Crippen molar-refractivity contribution in [2.45, 2.75) is 45.1 Å². The van der Waals surface area contributed by atoms with Gasteiger partial charge in [-0.05, 0) is 24.8 Å². The first-order valence-corrected chi connectivity index (χ1v) is 7.44. The van der Waals surface area contributed by atoms with Crippen LogP contribution in [-0.2, 0) is 6.54 Å². The fourth-order valence-corrected chi connectivity index (χ4v) is 3.22. The second-order valence-corrected chi connectivity index (χ2v) is 5.71. The molecule has 0 radical (unpaired) electrons. The molecule has 0 unspecified atom stereocenters. The summed E-state index contributed by atoms with van der Waals surface area (Å²) in [5.41, 5.74) is 1.11. The van der Waals surface area contributed by atoms with Gasteiger partial charge in [-0.25, -0.2) is 4.79 Å². The molecular formula is C16H20N2O2. The Kier molecular flexibility index (Phi) is 3.72. The van der Waals surface area contributed by atoms with E-state index >= 15 is 0 Å². The van der Waals surface area contributed by atoms with Crippen molar-refractivity contribution in [3.63, 3.8) is 0 Å². The molecule has 106 valence electrons. The van der Waals surface area contributed by atoms with Crippen LogP contribution >= 0.6 is 0 Å². The van der Waals surface area contributed by atoms with E-state index in [0.29, 0.717) is 5.92 Å². The molecule has 3 rings (SSSR count). The highest BCUT2D eigenvalue weighted by Gasteiger charge is 2.19. The normalized spacial score (nSPS) is 17.2.